The van der Waals surface area contributed by atoms with Crippen LogP contribution in [0.25, 0.3) is 0 Å². The Hall–Kier alpha value is -0.390. The first-order valence-electron chi connectivity index (χ1n) is 6.18. The highest BCUT2D eigenvalue weighted by atomic mass is 127. The Morgan fingerprint density at radius 3 is 2.47 bits per heavy atom. The SMILES string of the molecule is COCCc1ccc(C(Br)c2cccc(I)c2)cc1. The second-order valence-electron chi connectivity index (χ2n) is 4.40. The van der Waals surface area contributed by atoms with Crippen molar-refractivity contribution in [1.29, 1.82) is 0 Å². The van der Waals surface area contributed by atoms with E-state index in [4.69, 9.17) is 4.74 Å². The maximum atomic E-state index is 5.10. The van der Waals surface area contributed by atoms with Gasteiger partial charge in [-0.15, -0.1) is 0 Å². The summed E-state index contributed by atoms with van der Waals surface area (Å²) in [6, 6.07) is 17.3. The summed E-state index contributed by atoms with van der Waals surface area (Å²) < 4.78 is 6.36. The van der Waals surface area contributed by atoms with Crippen molar-refractivity contribution in [3.63, 3.8) is 0 Å². The molecule has 0 aliphatic rings. The minimum Gasteiger partial charge on any atom is -0.384 e. The molecule has 0 saturated carbocycles. The van der Waals surface area contributed by atoms with Gasteiger partial charge in [0.05, 0.1) is 11.4 Å². The quantitative estimate of drug-likeness (QED) is 0.481. The van der Waals surface area contributed by atoms with Crippen LogP contribution in [0.15, 0.2) is 48.5 Å². The average molecular weight is 431 g/mol. The highest BCUT2D eigenvalue weighted by Crippen LogP contribution is 2.31. The van der Waals surface area contributed by atoms with Gasteiger partial charge in [-0.3, -0.25) is 0 Å². The van der Waals surface area contributed by atoms with Gasteiger partial charge in [-0.05, 0) is 57.8 Å². The van der Waals surface area contributed by atoms with Crippen molar-refractivity contribution in [2.45, 2.75) is 11.2 Å². The van der Waals surface area contributed by atoms with E-state index >= 15 is 0 Å². The van der Waals surface area contributed by atoms with Crippen molar-refractivity contribution in [3.8, 4) is 0 Å². The minimum absolute atomic E-state index is 0.249. The molecule has 2 rings (SSSR count). The van der Waals surface area contributed by atoms with Gasteiger partial charge < -0.3 is 4.74 Å². The van der Waals surface area contributed by atoms with Gasteiger partial charge in [0.2, 0.25) is 0 Å². The zero-order chi connectivity index (χ0) is 13.7. The Kier molecular flexibility index (Phi) is 5.85. The molecule has 0 fully saturated rings. The Labute approximate surface area is 136 Å². The van der Waals surface area contributed by atoms with Crippen LogP contribution in [0, 0.1) is 3.57 Å². The summed E-state index contributed by atoms with van der Waals surface area (Å²) in [6.45, 7) is 0.772. The van der Waals surface area contributed by atoms with Gasteiger partial charge in [-0.1, -0.05) is 52.3 Å². The van der Waals surface area contributed by atoms with Crippen LogP contribution in [0.3, 0.4) is 0 Å². The van der Waals surface area contributed by atoms with E-state index in [1.807, 2.05) is 0 Å². The molecule has 2 aromatic carbocycles. The zero-order valence-electron chi connectivity index (χ0n) is 10.8. The molecule has 0 spiro atoms. The van der Waals surface area contributed by atoms with Crippen LogP contribution in [0.4, 0.5) is 0 Å². The fourth-order valence-corrected chi connectivity index (χ4v) is 3.09. The van der Waals surface area contributed by atoms with E-state index in [1.54, 1.807) is 7.11 Å². The predicted molar refractivity (Wildman–Crippen MR) is 92.0 cm³/mol. The number of hydrogen-bond acceptors (Lipinski definition) is 1. The first-order chi connectivity index (χ1) is 9.20. The molecule has 0 aliphatic heterocycles. The third kappa shape index (κ3) is 4.29. The topological polar surface area (TPSA) is 9.23 Å². The minimum atomic E-state index is 0.249. The lowest BCUT2D eigenvalue weighted by molar-refractivity contribution is 0.202. The van der Waals surface area contributed by atoms with Gasteiger partial charge in [-0.25, -0.2) is 0 Å². The molecular weight excluding hydrogens is 415 g/mol. The van der Waals surface area contributed by atoms with Gasteiger partial charge in [0, 0.05) is 10.7 Å². The highest BCUT2D eigenvalue weighted by molar-refractivity contribution is 14.1. The number of methoxy groups -OCH3 is 1. The molecule has 0 N–H and O–H groups in total. The summed E-state index contributed by atoms with van der Waals surface area (Å²) in [6.07, 6.45) is 0.965. The van der Waals surface area contributed by atoms with Crippen LogP contribution in [0.2, 0.25) is 0 Å². The number of hydrogen-bond donors (Lipinski definition) is 0. The maximum Gasteiger partial charge on any atom is 0.0645 e. The monoisotopic (exact) mass is 430 g/mol. The molecule has 1 atom stereocenters. The van der Waals surface area contributed by atoms with Crippen molar-refractivity contribution in [3.05, 3.63) is 68.8 Å². The lowest BCUT2D eigenvalue weighted by Gasteiger charge is -2.12. The van der Waals surface area contributed by atoms with Crippen molar-refractivity contribution >= 4 is 38.5 Å². The summed E-state index contributed by atoms with van der Waals surface area (Å²) in [7, 11) is 1.74. The molecule has 0 bridgehead atoms. The number of rotatable bonds is 5. The van der Waals surface area contributed by atoms with Crippen molar-refractivity contribution < 1.29 is 4.74 Å². The Balaban J connectivity index is 2.13. The Morgan fingerprint density at radius 2 is 1.84 bits per heavy atom. The second kappa shape index (κ2) is 7.41. The fraction of sp³-hybridized carbons (Fsp3) is 0.250. The lowest BCUT2D eigenvalue weighted by atomic mass is 10.0. The van der Waals surface area contributed by atoms with E-state index < -0.39 is 0 Å². The number of benzene rings is 2. The first-order valence-corrected chi connectivity index (χ1v) is 8.17. The van der Waals surface area contributed by atoms with E-state index in [-0.39, 0.29) is 4.83 Å². The second-order valence-corrected chi connectivity index (χ2v) is 6.56. The van der Waals surface area contributed by atoms with Crippen LogP contribution in [-0.4, -0.2) is 13.7 Å². The third-order valence-corrected chi connectivity index (χ3v) is 4.74. The average Bonchev–Trinajstić information content (AvgIpc) is 2.45. The standard InChI is InChI=1S/C16H16BrIO/c1-19-10-9-12-5-7-13(8-6-12)16(17)14-3-2-4-15(18)11-14/h2-8,11,16H,9-10H2,1H3. The first kappa shape index (κ1) is 15.0. The number of halogens is 2. The van der Waals surface area contributed by atoms with Crippen LogP contribution in [0.5, 0.6) is 0 Å². The summed E-state index contributed by atoms with van der Waals surface area (Å²) in [4.78, 5) is 0.249. The molecule has 0 amide bonds. The normalized spacial score (nSPS) is 12.4. The summed E-state index contributed by atoms with van der Waals surface area (Å²) in [5.41, 5.74) is 3.88. The fourth-order valence-electron chi connectivity index (χ4n) is 1.93. The van der Waals surface area contributed by atoms with E-state index in [9.17, 15) is 0 Å². The van der Waals surface area contributed by atoms with E-state index in [0.29, 0.717) is 0 Å². The molecule has 0 aliphatic carbocycles. The van der Waals surface area contributed by atoms with E-state index in [2.05, 4.69) is 87.1 Å². The van der Waals surface area contributed by atoms with Gasteiger partial charge in [-0.2, -0.15) is 0 Å². The van der Waals surface area contributed by atoms with Gasteiger partial charge in [0.25, 0.3) is 0 Å². The van der Waals surface area contributed by atoms with Gasteiger partial charge in [0.1, 0.15) is 0 Å². The molecule has 100 valence electrons. The predicted octanol–water partition coefficient (Wildman–Crippen LogP) is 4.96. The van der Waals surface area contributed by atoms with Crippen LogP contribution < -0.4 is 0 Å². The van der Waals surface area contributed by atoms with Gasteiger partial charge in [0.15, 0.2) is 0 Å². The van der Waals surface area contributed by atoms with Crippen LogP contribution >= 0.6 is 38.5 Å². The number of ether oxygens (including phenoxy) is 1. The lowest BCUT2D eigenvalue weighted by Crippen LogP contribution is -1.96. The molecular formula is C16H16BrIO. The van der Waals surface area contributed by atoms with Crippen LogP contribution in [0.1, 0.15) is 21.5 Å². The summed E-state index contributed by atoms with van der Waals surface area (Å²) in [5, 5.41) is 0. The highest BCUT2D eigenvalue weighted by Gasteiger charge is 2.10. The summed E-state index contributed by atoms with van der Waals surface area (Å²) >= 11 is 6.12. The summed E-state index contributed by atoms with van der Waals surface area (Å²) in [5.74, 6) is 0. The molecule has 0 heterocycles. The maximum absolute atomic E-state index is 5.10. The molecule has 19 heavy (non-hydrogen) atoms. The molecule has 1 nitrogen and oxygen atoms in total. The molecule has 0 aromatic heterocycles. The van der Waals surface area contributed by atoms with Gasteiger partial charge >= 0.3 is 0 Å². The molecule has 0 saturated heterocycles. The molecule has 0 radical (unpaired) electrons. The van der Waals surface area contributed by atoms with E-state index in [1.165, 1.54) is 20.3 Å². The van der Waals surface area contributed by atoms with Crippen molar-refractivity contribution in [2.24, 2.45) is 0 Å². The van der Waals surface area contributed by atoms with Crippen LogP contribution in [-0.2, 0) is 11.2 Å². The Morgan fingerprint density at radius 1 is 1.11 bits per heavy atom. The third-order valence-electron chi connectivity index (χ3n) is 3.01. The Bertz CT molecular complexity index is 525. The van der Waals surface area contributed by atoms with E-state index in [0.717, 1.165) is 13.0 Å². The largest absolute Gasteiger partial charge is 0.384 e. The molecule has 1 unspecified atom stereocenters. The van der Waals surface area contributed by atoms with Crippen molar-refractivity contribution in [1.82, 2.24) is 0 Å². The molecule has 3 heteroatoms. The smallest absolute Gasteiger partial charge is 0.0645 e. The van der Waals surface area contributed by atoms with Crippen molar-refractivity contribution in [2.75, 3.05) is 13.7 Å². The zero-order valence-corrected chi connectivity index (χ0v) is 14.5. The number of alkyl halides is 1. The molecule has 2 aromatic rings.